The normalized spacial score (nSPS) is 16.5. The predicted octanol–water partition coefficient (Wildman–Crippen LogP) is 2.28. The fourth-order valence-electron chi connectivity index (χ4n) is 2.99. The van der Waals surface area contributed by atoms with Crippen molar-refractivity contribution in [3.8, 4) is 5.75 Å². The fourth-order valence-corrected chi connectivity index (χ4v) is 2.99. The first-order chi connectivity index (χ1) is 12.1. The van der Waals surface area contributed by atoms with E-state index in [0.717, 1.165) is 31.9 Å². The molecule has 0 aliphatic carbocycles. The van der Waals surface area contributed by atoms with Crippen molar-refractivity contribution in [2.24, 2.45) is 0 Å². The molecular weight excluding hydrogens is 322 g/mol. The van der Waals surface area contributed by atoms with Crippen molar-refractivity contribution in [3.63, 3.8) is 0 Å². The Morgan fingerprint density at radius 1 is 1.20 bits per heavy atom. The quantitative estimate of drug-likeness (QED) is 0.608. The summed E-state index contributed by atoms with van der Waals surface area (Å²) < 4.78 is 5.30. The Bertz CT molecular complexity index is 729. The molecule has 1 fully saturated rings. The smallest absolute Gasteiger partial charge is 0.305 e. The molecule has 1 aromatic carbocycles. The Morgan fingerprint density at radius 3 is 2.48 bits per heavy atom. The number of hydrogen-bond acceptors (Lipinski definition) is 7. The van der Waals surface area contributed by atoms with Crippen molar-refractivity contribution in [2.75, 3.05) is 38.2 Å². The monoisotopic (exact) mass is 343 g/mol. The largest absolute Gasteiger partial charge is 0.497 e. The third-order valence-electron chi connectivity index (χ3n) is 4.56. The summed E-state index contributed by atoms with van der Waals surface area (Å²) >= 11 is 0. The first-order valence-electron chi connectivity index (χ1n) is 8.18. The molecule has 0 amide bonds. The van der Waals surface area contributed by atoms with Crippen molar-refractivity contribution in [2.45, 2.75) is 13.0 Å². The number of rotatable bonds is 5. The summed E-state index contributed by atoms with van der Waals surface area (Å²) in [4.78, 5) is 22.9. The lowest BCUT2D eigenvalue weighted by Gasteiger charge is -2.38. The highest BCUT2D eigenvalue weighted by Gasteiger charge is 2.24. The Morgan fingerprint density at radius 2 is 1.88 bits per heavy atom. The first kappa shape index (κ1) is 17.1. The van der Waals surface area contributed by atoms with Crippen LogP contribution in [-0.2, 0) is 0 Å². The molecule has 3 rings (SSSR count). The number of anilines is 1. The van der Waals surface area contributed by atoms with Gasteiger partial charge in [-0.2, -0.15) is 0 Å². The molecule has 8 heteroatoms. The third-order valence-corrected chi connectivity index (χ3v) is 4.56. The van der Waals surface area contributed by atoms with Crippen molar-refractivity contribution in [1.82, 2.24) is 14.9 Å². The molecule has 1 unspecified atom stereocenters. The van der Waals surface area contributed by atoms with E-state index in [9.17, 15) is 10.1 Å². The number of piperazine rings is 1. The van der Waals surface area contributed by atoms with Crippen LogP contribution in [0.2, 0.25) is 0 Å². The van der Waals surface area contributed by atoms with E-state index in [1.807, 2.05) is 12.1 Å². The number of benzene rings is 1. The van der Waals surface area contributed by atoms with Crippen LogP contribution in [0.4, 0.5) is 11.6 Å². The van der Waals surface area contributed by atoms with Gasteiger partial charge in [0.15, 0.2) is 0 Å². The minimum Gasteiger partial charge on any atom is -0.497 e. The lowest BCUT2D eigenvalue weighted by molar-refractivity contribution is -0.385. The minimum absolute atomic E-state index is 0.0889. The predicted molar refractivity (Wildman–Crippen MR) is 93.9 cm³/mol. The van der Waals surface area contributed by atoms with Gasteiger partial charge in [0.25, 0.3) is 0 Å². The second kappa shape index (κ2) is 7.43. The van der Waals surface area contributed by atoms with Gasteiger partial charge >= 0.3 is 5.69 Å². The standard InChI is InChI=1S/C17H21N5O3/c1-13(14-4-3-5-16(10-14)25-2)20-6-8-21(9-7-20)17-18-11-15(12-19-17)22(23)24/h3-5,10-13H,6-9H2,1-2H3. The number of ether oxygens (including phenoxy) is 1. The molecule has 8 nitrogen and oxygen atoms in total. The maximum Gasteiger partial charge on any atom is 0.305 e. The van der Waals surface area contributed by atoms with E-state index in [0.29, 0.717) is 5.95 Å². The van der Waals surface area contributed by atoms with E-state index in [2.05, 4.69) is 38.8 Å². The van der Waals surface area contributed by atoms with E-state index < -0.39 is 4.92 Å². The number of aromatic nitrogens is 2. The van der Waals surface area contributed by atoms with Crippen LogP contribution < -0.4 is 9.64 Å². The van der Waals surface area contributed by atoms with Crippen LogP contribution in [0.3, 0.4) is 0 Å². The van der Waals surface area contributed by atoms with Gasteiger partial charge in [0.1, 0.15) is 18.1 Å². The lowest BCUT2D eigenvalue weighted by Crippen LogP contribution is -2.47. The lowest BCUT2D eigenvalue weighted by atomic mass is 10.1. The second-order valence-corrected chi connectivity index (χ2v) is 5.97. The maximum atomic E-state index is 10.7. The van der Waals surface area contributed by atoms with Crippen LogP contribution in [-0.4, -0.2) is 53.1 Å². The maximum absolute atomic E-state index is 10.7. The molecule has 0 radical (unpaired) electrons. The van der Waals surface area contributed by atoms with E-state index in [-0.39, 0.29) is 11.7 Å². The van der Waals surface area contributed by atoms with Gasteiger partial charge in [0.2, 0.25) is 5.95 Å². The summed E-state index contributed by atoms with van der Waals surface area (Å²) in [6.45, 7) is 5.50. The van der Waals surface area contributed by atoms with Crippen molar-refractivity contribution in [1.29, 1.82) is 0 Å². The van der Waals surface area contributed by atoms with Gasteiger partial charge in [-0.25, -0.2) is 9.97 Å². The van der Waals surface area contributed by atoms with E-state index >= 15 is 0 Å². The van der Waals surface area contributed by atoms with E-state index in [1.54, 1.807) is 7.11 Å². The molecule has 1 aliphatic rings. The van der Waals surface area contributed by atoms with Gasteiger partial charge in [0.05, 0.1) is 12.0 Å². The highest BCUT2D eigenvalue weighted by atomic mass is 16.6. The van der Waals surface area contributed by atoms with Gasteiger partial charge in [-0.15, -0.1) is 0 Å². The van der Waals surface area contributed by atoms with Crippen LogP contribution in [0.25, 0.3) is 0 Å². The molecule has 1 aliphatic heterocycles. The molecular formula is C17H21N5O3. The molecule has 132 valence electrons. The SMILES string of the molecule is COc1cccc(C(C)N2CCN(c3ncc([N+](=O)[O-])cn3)CC2)c1. The zero-order valence-electron chi connectivity index (χ0n) is 14.3. The van der Waals surface area contributed by atoms with Crippen molar-refractivity contribution < 1.29 is 9.66 Å². The number of methoxy groups -OCH3 is 1. The summed E-state index contributed by atoms with van der Waals surface area (Å²) in [6, 6.07) is 8.41. The minimum atomic E-state index is -0.489. The van der Waals surface area contributed by atoms with E-state index in [1.165, 1.54) is 18.0 Å². The number of nitrogens with zero attached hydrogens (tertiary/aromatic N) is 5. The summed E-state index contributed by atoms with van der Waals surface area (Å²) in [5.41, 5.74) is 1.13. The third kappa shape index (κ3) is 3.85. The fraction of sp³-hybridized carbons (Fsp3) is 0.412. The molecule has 0 N–H and O–H groups in total. The zero-order chi connectivity index (χ0) is 17.8. The summed E-state index contributed by atoms with van der Waals surface area (Å²) in [5.74, 6) is 1.40. The van der Waals surface area contributed by atoms with Crippen LogP contribution in [0.15, 0.2) is 36.7 Å². The van der Waals surface area contributed by atoms with Gasteiger partial charge in [-0.3, -0.25) is 15.0 Å². The van der Waals surface area contributed by atoms with Crippen molar-refractivity contribution >= 4 is 11.6 Å². The van der Waals surface area contributed by atoms with Gasteiger partial charge < -0.3 is 9.64 Å². The highest BCUT2D eigenvalue weighted by Crippen LogP contribution is 2.25. The number of nitro groups is 1. The van der Waals surface area contributed by atoms with Gasteiger partial charge in [-0.1, -0.05) is 12.1 Å². The van der Waals surface area contributed by atoms with Crippen LogP contribution in [0.5, 0.6) is 5.75 Å². The average Bonchev–Trinajstić information content (AvgIpc) is 2.67. The molecule has 2 heterocycles. The Kier molecular flexibility index (Phi) is 5.08. The average molecular weight is 343 g/mol. The molecule has 0 saturated carbocycles. The van der Waals surface area contributed by atoms with Crippen LogP contribution in [0.1, 0.15) is 18.5 Å². The molecule has 1 aromatic heterocycles. The van der Waals surface area contributed by atoms with Gasteiger partial charge in [-0.05, 0) is 24.6 Å². The Labute approximate surface area is 146 Å². The summed E-state index contributed by atoms with van der Waals surface area (Å²) in [5, 5.41) is 10.7. The van der Waals surface area contributed by atoms with Gasteiger partial charge in [0, 0.05) is 32.2 Å². The molecule has 1 saturated heterocycles. The summed E-state index contributed by atoms with van der Waals surface area (Å²) in [6.07, 6.45) is 2.52. The Hall–Kier alpha value is -2.74. The second-order valence-electron chi connectivity index (χ2n) is 5.97. The topological polar surface area (TPSA) is 84.6 Å². The zero-order valence-corrected chi connectivity index (χ0v) is 14.3. The van der Waals surface area contributed by atoms with Crippen LogP contribution in [0, 0.1) is 10.1 Å². The van der Waals surface area contributed by atoms with Crippen molar-refractivity contribution in [3.05, 3.63) is 52.3 Å². The van der Waals surface area contributed by atoms with Crippen LogP contribution >= 0.6 is 0 Å². The molecule has 0 bridgehead atoms. The molecule has 0 spiro atoms. The number of hydrogen-bond donors (Lipinski definition) is 0. The first-order valence-corrected chi connectivity index (χ1v) is 8.18. The molecule has 25 heavy (non-hydrogen) atoms. The molecule has 2 aromatic rings. The van der Waals surface area contributed by atoms with E-state index in [4.69, 9.17) is 4.74 Å². The highest BCUT2D eigenvalue weighted by molar-refractivity contribution is 5.35. The molecule has 1 atom stereocenters. The Balaban J connectivity index is 1.62. The summed E-state index contributed by atoms with van der Waals surface area (Å²) in [7, 11) is 1.67.